The Bertz CT molecular complexity index is 342. The van der Waals surface area contributed by atoms with E-state index >= 15 is 0 Å². The maximum absolute atomic E-state index is 6.31. The molecule has 13 heavy (non-hydrogen) atoms. The molecule has 0 aromatic rings. The summed E-state index contributed by atoms with van der Waals surface area (Å²) < 4.78 is 5.43. The summed E-state index contributed by atoms with van der Waals surface area (Å²) >= 11 is -3.05. The second-order valence-corrected chi connectivity index (χ2v) is 18.7. The van der Waals surface area contributed by atoms with E-state index in [2.05, 4.69) is 50.3 Å². The van der Waals surface area contributed by atoms with Gasteiger partial charge in [-0.05, 0) is 0 Å². The van der Waals surface area contributed by atoms with Crippen LogP contribution in [-0.4, -0.2) is 4.49 Å². The van der Waals surface area contributed by atoms with Crippen molar-refractivity contribution >= 4 is 23.5 Å². The van der Waals surface area contributed by atoms with Crippen molar-refractivity contribution in [1.29, 1.82) is 0 Å². The van der Waals surface area contributed by atoms with E-state index in [-0.39, 0.29) is 10.8 Å². The summed E-state index contributed by atoms with van der Waals surface area (Å²) in [7, 11) is 12.6. The van der Waals surface area contributed by atoms with Crippen molar-refractivity contribution < 1.29 is 12.4 Å². The van der Waals surface area contributed by atoms with Gasteiger partial charge in [0.15, 0.2) is 0 Å². The molecular formula is C10H19Cl2Re. The summed E-state index contributed by atoms with van der Waals surface area (Å²) in [6.45, 7) is 12.6. The van der Waals surface area contributed by atoms with Crippen molar-refractivity contribution in [3.05, 3.63) is 0 Å². The van der Waals surface area contributed by atoms with Crippen LogP contribution in [0.1, 0.15) is 41.5 Å². The number of hydrogen-bond donors (Lipinski definition) is 0. The average molecular weight is 396 g/mol. The third kappa shape index (κ3) is 9.20. The van der Waals surface area contributed by atoms with Crippen LogP contribution in [-0.2, 0) is 12.4 Å². The molecule has 0 radical (unpaired) electrons. The van der Waals surface area contributed by atoms with E-state index in [0.29, 0.717) is 0 Å². The summed E-state index contributed by atoms with van der Waals surface area (Å²) in [6.07, 6.45) is 0. The van der Waals surface area contributed by atoms with Crippen molar-refractivity contribution in [3.63, 3.8) is 0 Å². The van der Waals surface area contributed by atoms with Gasteiger partial charge in [-0.2, -0.15) is 0 Å². The molecule has 80 valence electrons. The first-order valence-electron chi connectivity index (χ1n) is 4.23. The molecule has 0 bridgehead atoms. The first-order valence-corrected chi connectivity index (χ1v) is 13.9. The molecule has 0 unspecified atom stereocenters. The maximum atomic E-state index is 6.31. The van der Waals surface area contributed by atoms with Gasteiger partial charge in [0.2, 0.25) is 0 Å². The summed E-state index contributed by atoms with van der Waals surface area (Å²) in [6, 6.07) is 0. The monoisotopic (exact) mass is 396 g/mol. The van der Waals surface area contributed by atoms with Crippen molar-refractivity contribution in [1.82, 2.24) is 0 Å². The van der Waals surface area contributed by atoms with Crippen LogP contribution in [0.15, 0.2) is 0 Å². The van der Waals surface area contributed by atoms with E-state index in [1.807, 2.05) is 0 Å². The fourth-order valence-electron chi connectivity index (χ4n) is 0.816. The first kappa shape index (κ1) is 13.9. The van der Waals surface area contributed by atoms with E-state index in [1.165, 1.54) is 0 Å². The summed E-state index contributed by atoms with van der Waals surface area (Å²) in [4.78, 5) is 0. The molecule has 0 fully saturated rings. The third-order valence-electron chi connectivity index (χ3n) is 0.874. The van der Waals surface area contributed by atoms with E-state index in [0.717, 1.165) is 0 Å². The van der Waals surface area contributed by atoms with Gasteiger partial charge in [0.05, 0.1) is 0 Å². The summed E-state index contributed by atoms with van der Waals surface area (Å²) in [5.41, 5.74) is 0.0887. The van der Waals surface area contributed by atoms with Gasteiger partial charge in [0.25, 0.3) is 0 Å². The van der Waals surface area contributed by atoms with Crippen molar-refractivity contribution in [2.45, 2.75) is 41.5 Å². The predicted molar refractivity (Wildman–Crippen MR) is 60.6 cm³/mol. The van der Waals surface area contributed by atoms with Crippen LogP contribution in [0.2, 0.25) is 0 Å². The Morgan fingerprint density at radius 1 is 1.00 bits per heavy atom. The van der Waals surface area contributed by atoms with Gasteiger partial charge in [-0.3, -0.25) is 0 Å². The third-order valence-corrected chi connectivity index (χ3v) is 9.67. The second-order valence-electron chi connectivity index (χ2n) is 5.29. The predicted octanol–water partition coefficient (Wildman–Crippen LogP) is 4.30. The Balaban J connectivity index is 5.41. The standard InChI is InChI=1S/C5H10.C5H9.2ClH.Re/c2*1-5(2,3)4;;;/h1H,2-4H3;1-3H3;2*1H;/q;;;;+2/p-2. The Labute approximate surface area is 92.2 Å². The molecule has 3 heteroatoms. The van der Waals surface area contributed by atoms with Gasteiger partial charge in [0.1, 0.15) is 0 Å². The summed E-state index contributed by atoms with van der Waals surface area (Å²) in [5.74, 6) is 0. The molecule has 0 aliphatic carbocycles. The Hall–Kier alpha value is 0.892. The molecule has 0 N–H and O–H groups in total. The van der Waals surface area contributed by atoms with Crippen LogP contribution in [0.25, 0.3) is 0 Å². The van der Waals surface area contributed by atoms with Crippen molar-refractivity contribution in [2.24, 2.45) is 10.8 Å². The topological polar surface area (TPSA) is 0 Å². The van der Waals surface area contributed by atoms with Gasteiger partial charge in [-0.1, -0.05) is 0 Å². The molecule has 0 aliphatic rings. The zero-order valence-corrected chi connectivity index (χ0v) is 13.4. The van der Waals surface area contributed by atoms with Gasteiger partial charge in [0, 0.05) is 0 Å². The van der Waals surface area contributed by atoms with Gasteiger partial charge >= 0.3 is 92.6 Å². The van der Waals surface area contributed by atoms with E-state index in [1.54, 1.807) is 0 Å². The number of halogens is 2. The van der Waals surface area contributed by atoms with E-state index < -0.39 is 12.4 Å². The Morgan fingerprint density at radius 3 is 1.62 bits per heavy atom. The molecule has 0 rings (SSSR count). The van der Waals surface area contributed by atoms with E-state index in [4.69, 9.17) is 19.1 Å². The molecule has 0 aliphatic heterocycles. The fourth-order valence-corrected chi connectivity index (χ4v) is 14.2. The quantitative estimate of drug-likeness (QED) is 0.573. The molecule has 0 amide bonds. The minimum atomic E-state index is -3.05. The van der Waals surface area contributed by atoms with Crippen LogP contribution in [0.3, 0.4) is 0 Å². The van der Waals surface area contributed by atoms with Gasteiger partial charge in [-0.15, -0.1) is 0 Å². The fraction of sp³-hybridized carbons (Fsp3) is 0.800. The molecule has 0 saturated heterocycles. The molecule has 0 aromatic carbocycles. The first-order chi connectivity index (χ1) is 5.41. The Kier molecular flexibility index (Phi) is 4.46. The number of rotatable bonds is 0. The van der Waals surface area contributed by atoms with Crippen LogP contribution in [0.5, 0.6) is 0 Å². The molecule has 0 spiro atoms. The van der Waals surface area contributed by atoms with Crippen molar-refractivity contribution in [2.75, 3.05) is 0 Å². The zero-order chi connectivity index (χ0) is 10.9. The Morgan fingerprint density at radius 2 is 1.38 bits per heavy atom. The van der Waals surface area contributed by atoms with Crippen LogP contribution in [0, 0.1) is 15.1 Å². The summed E-state index contributed by atoms with van der Waals surface area (Å²) in [5, 5.41) is 0. The molecule has 0 atom stereocenters. The SMILES string of the molecule is CC(C)(C)[C]#[Re]([Cl])([Cl])=[CH]C(C)(C)C. The van der Waals surface area contributed by atoms with Crippen LogP contribution >= 0.6 is 19.1 Å². The second kappa shape index (κ2) is 4.18. The minimum absolute atomic E-state index is 0.00251. The normalized spacial score (nSPS) is 13.8. The molecule has 0 heterocycles. The molecular weight excluding hydrogens is 377 g/mol. The van der Waals surface area contributed by atoms with Gasteiger partial charge < -0.3 is 0 Å². The van der Waals surface area contributed by atoms with Gasteiger partial charge in [-0.25, -0.2) is 0 Å². The van der Waals surface area contributed by atoms with Crippen LogP contribution in [0.4, 0.5) is 0 Å². The molecule has 0 saturated carbocycles. The molecule has 0 aromatic heterocycles. The van der Waals surface area contributed by atoms with E-state index in [9.17, 15) is 0 Å². The number of hydrogen-bond acceptors (Lipinski definition) is 0. The van der Waals surface area contributed by atoms with Crippen LogP contribution < -0.4 is 0 Å². The van der Waals surface area contributed by atoms with Crippen molar-refractivity contribution in [3.8, 4) is 4.29 Å². The molecule has 0 nitrogen and oxygen atoms in total. The average Bonchev–Trinajstić information content (AvgIpc) is 1.43. The zero-order valence-electron chi connectivity index (χ0n) is 9.21.